The highest BCUT2D eigenvalue weighted by Crippen LogP contribution is 2.18. The fraction of sp³-hybridized carbons (Fsp3) is 0.944. The number of ether oxygens (including phenoxy) is 2. The van der Waals surface area contributed by atoms with Gasteiger partial charge in [-0.25, -0.2) is 0 Å². The van der Waals surface area contributed by atoms with E-state index in [1.807, 2.05) is 0 Å². The molecule has 2 atom stereocenters. The predicted molar refractivity (Wildman–Crippen MR) is 91.4 cm³/mol. The lowest BCUT2D eigenvalue weighted by Crippen LogP contribution is -2.45. The van der Waals surface area contributed by atoms with Crippen LogP contribution in [0.1, 0.15) is 46.5 Å². The quantitative estimate of drug-likeness (QED) is 0.694. The van der Waals surface area contributed by atoms with Crippen molar-refractivity contribution in [2.75, 3.05) is 39.5 Å². The normalized spacial score (nSPS) is 25.0. The summed E-state index contributed by atoms with van der Waals surface area (Å²) in [6.07, 6.45) is 4.53. The van der Waals surface area contributed by atoms with E-state index in [1.54, 1.807) is 0 Å². The summed E-state index contributed by atoms with van der Waals surface area (Å²) in [5.74, 6) is 0.903. The minimum Gasteiger partial charge on any atom is -0.377 e. The maximum absolute atomic E-state index is 12.3. The van der Waals surface area contributed by atoms with Gasteiger partial charge in [0, 0.05) is 25.1 Å². The molecule has 134 valence electrons. The van der Waals surface area contributed by atoms with Crippen LogP contribution >= 0.6 is 0 Å². The molecular formula is C18H34N2O3. The molecule has 0 unspecified atom stereocenters. The molecule has 0 aromatic carbocycles. The molecule has 2 aliphatic heterocycles. The fourth-order valence-electron chi connectivity index (χ4n) is 3.11. The second-order valence-electron chi connectivity index (χ2n) is 7.37. The molecule has 1 N–H and O–H groups in total. The highest BCUT2D eigenvalue weighted by Gasteiger charge is 2.26. The summed E-state index contributed by atoms with van der Waals surface area (Å²) in [6.45, 7) is 11.7. The Morgan fingerprint density at radius 1 is 1.26 bits per heavy atom. The van der Waals surface area contributed by atoms with Gasteiger partial charge in [0.1, 0.15) is 0 Å². The molecule has 1 amide bonds. The largest absolute Gasteiger partial charge is 0.377 e. The monoisotopic (exact) mass is 326 g/mol. The first kappa shape index (κ1) is 18.7. The van der Waals surface area contributed by atoms with Crippen molar-refractivity contribution in [2.45, 2.75) is 58.6 Å². The molecule has 0 bridgehead atoms. The van der Waals surface area contributed by atoms with Crippen molar-refractivity contribution in [3.63, 3.8) is 0 Å². The number of piperidine rings is 1. The number of amides is 1. The molecule has 2 fully saturated rings. The summed E-state index contributed by atoms with van der Waals surface area (Å²) in [6, 6.07) is 0.256. The van der Waals surface area contributed by atoms with Gasteiger partial charge in [0.25, 0.3) is 0 Å². The van der Waals surface area contributed by atoms with E-state index in [-0.39, 0.29) is 17.9 Å². The van der Waals surface area contributed by atoms with E-state index in [4.69, 9.17) is 9.47 Å². The third-order valence-corrected chi connectivity index (χ3v) is 5.21. The highest BCUT2D eigenvalue weighted by atomic mass is 16.5. The summed E-state index contributed by atoms with van der Waals surface area (Å²) in [5, 5.41) is 3.15. The fourth-order valence-corrected chi connectivity index (χ4v) is 3.11. The van der Waals surface area contributed by atoms with Gasteiger partial charge in [-0.2, -0.15) is 0 Å². The molecule has 5 nitrogen and oxygen atoms in total. The number of carbonyl (C=O) groups excluding carboxylic acids is 1. The van der Waals surface area contributed by atoms with Crippen molar-refractivity contribution in [3.8, 4) is 0 Å². The van der Waals surface area contributed by atoms with Crippen LogP contribution in [-0.4, -0.2) is 62.4 Å². The Morgan fingerprint density at radius 2 is 2.00 bits per heavy atom. The lowest BCUT2D eigenvalue weighted by molar-refractivity contribution is -0.127. The number of carbonyl (C=O) groups is 1. The van der Waals surface area contributed by atoms with Crippen LogP contribution in [-0.2, 0) is 14.3 Å². The lowest BCUT2D eigenvalue weighted by Gasteiger charge is -2.32. The van der Waals surface area contributed by atoms with E-state index in [0.29, 0.717) is 12.0 Å². The van der Waals surface area contributed by atoms with E-state index < -0.39 is 0 Å². The van der Waals surface area contributed by atoms with Gasteiger partial charge >= 0.3 is 0 Å². The smallest absolute Gasteiger partial charge is 0.223 e. The Morgan fingerprint density at radius 3 is 2.61 bits per heavy atom. The molecule has 5 heteroatoms. The second kappa shape index (κ2) is 9.60. The Bertz CT molecular complexity index is 348. The molecule has 0 saturated carbocycles. The molecule has 2 aliphatic rings. The van der Waals surface area contributed by atoms with Gasteiger partial charge in [-0.15, -0.1) is 0 Å². The molecule has 0 radical (unpaired) electrons. The Hall–Kier alpha value is -0.650. The first-order valence-corrected chi connectivity index (χ1v) is 9.28. The summed E-state index contributed by atoms with van der Waals surface area (Å²) < 4.78 is 11.3. The first-order valence-electron chi connectivity index (χ1n) is 9.28. The van der Waals surface area contributed by atoms with Crippen LogP contribution in [0.2, 0.25) is 0 Å². The van der Waals surface area contributed by atoms with E-state index in [9.17, 15) is 4.79 Å². The lowest BCUT2D eigenvalue weighted by atomic mass is 9.95. The van der Waals surface area contributed by atoms with Crippen LogP contribution in [0.3, 0.4) is 0 Å². The van der Waals surface area contributed by atoms with Gasteiger partial charge < -0.3 is 19.7 Å². The minimum atomic E-state index is 0.181. The Kier molecular flexibility index (Phi) is 7.80. The topological polar surface area (TPSA) is 50.8 Å². The number of likely N-dealkylation sites (tertiary alicyclic amines) is 1. The molecule has 2 heterocycles. The third kappa shape index (κ3) is 6.40. The van der Waals surface area contributed by atoms with Crippen LogP contribution < -0.4 is 5.32 Å². The van der Waals surface area contributed by atoms with Crippen LogP contribution in [0.25, 0.3) is 0 Å². The van der Waals surface area contributed by atoms with Gasteiger partial charge in [-0.3, -0.25) is 4.79 Å². The molecule has 2 saturated heterocycles. The van der Waals surface area contributed by atoms with Crippen LogP contribution in [0.4, 0.5) is 0 Å². The van der Waals surface area contributed by atoms with E-state index in [0.717, 1.165) is 58.7 Å². The van der Waals surface area contributed by atoms with Crippen molar-refractivity contribution >= 4 is 5.91 Å². The molecule has 23 heavy (non-hydrogen) atoms. The minimum absolute atomic E-state index is 0.181. The number of nitrogens with one attached hydrogen (secondary N) is 1. The van der Waals surface area contributed by atoms with E-state index in [2.05, 4.69) is 31.0 Å². The van der Waals surface area contributed by atoms with E-state index in [1.165, 1.54) is 6.42 Å². The second-order valence-corrected chi connectivity index (χ2v) is 7.37. The standard InChI is InChI=1S/C18H34N2O3/c1-14(2)15(3)19-18(21)16-6-8-20(9-7-16)10-12-22-13-17-5-4-11-23-17/h14-17H,4-13H2,1-3H3,(H,19,21)/t15-,17+/m1/s1. The molecule has 0 aromatic heterocycles. The summed E-state index contributed by atoms with van der Waals surface area (Å²) >= 11 is 0. The van der Waals surface area contributed by atoms with E-state index >= 15 is 0 Å². The highest BCUT2D eigenvalue weighted by molar-refractivity contribution is 5.79. The number of hydrogen-bond acceptors (Lipinski definition) is 4. The van der Waals surface area contributed by atoms with Crippen molar-refractivity contribution in [1.29, 1.82) is 0 Å². The van der Waals surface area contributed by atoms with Crippen molar-refractivity contribution < 1.29 is 14.3 Å². The zero-order chi connectivity index (χ0) is 16.7. The van der Waals surface area contributed by atoms with Crippen molar-refractivity contribution in [1.82, 2.24) is 10.2 Å². The Balaban J connectivity index is 1.55. The average Bonchev–Trinajstić information content (AvgIpc) is 3.05. The number of rotatable bonds is 8. The zero-order valence-electron chi connectivity index (χ0n) is 15.1. The van der Waals surface area contributed by atoms with Crippen molar-refractivity contribution in [3.05, 3.63) is 0 Å². The zero-order valence-corrected chi connectivity index (χ0v) is 15.1. The maximum atomic E-state index is 12.3. The van der Waals surface area contributed by atoms with Crippen LogP contribution in [0, 0.1) is 11.8 Å². The predicted octanol–water partition coefficient (Wildman–Crippen LogP) is 2.05. The van der Waals surface area contributed by atoms with Crippen molar-refractivity contribution in [2.24, 2.45) is 11.8 Å². The van der Waals surface area contributed by atoms with Gasteiger partial charge in [-0.05, 0) is 51.6 Å². The number of hydrogen-bond donors (Lipinski definition) is 1. The maximum Gasteiger partial charge on any atom is 0.223 e. The van der Waals surface area contributed by atoms with Gasteiger partial charge in [-0.1, -0.05) is 13.8 Å². The molecule has 0 aliphatic carbocycles. The van der Waals surface area contributed by atoms with Gasteiger partial charge in [0.2, 0.25) is 5.91 Å². The Labute approximate surface area is 141 Å². The molecule has 2 rings (SSSR count). The first-order chi connectivity index (χ1) is 11.1. The third-order valence-electron chi connectivity index (χ3n) is 5.21. The molecule has 0 aromatic rings. The SMILES string of the molecule is CC(C)[C@@H](C)NC(=O)C1CCN(CCOC[C@@H]2CCCO2)CC1. The summed E-state index contributed by atoms with van der Waals surface area (Å²) in [7, 11) is 0. The number of nitrogens with zero attached hydrogens (tertiary/aromatic N) is 1. The van der Waals surface area contributed by atoms with Gasteiger partial charge in [0.15, 0.2) is 0 Å². The molecule has 0 spiro atoms. The average molecular weight is 326 g/mol. The van der Waals surface area contributed by atoms with Crippen LogP contribution in [0.15, 0.2) is 0 Å². The summed E-state index contributed by atoms with van der Waals surface area (Å²) in [4.78, 5) is 14.7. The summed E-state index contributed by atoms with van der Waals surface area (Å²) in [5.41, 5.74) is 0. The molecular weight excluding hydrogens is 292 g/mol. The van der Waals surface area contributed by atoms with Gasteiger partial charge in [0.05, 0.1) is 19.3 Å². The van der Waals surface area contributed by atoms with Crippen LogP contribution in [0.5, 0.6) is 0 Å².